The lowest BCUT2D eigenvalue weighted by Crippen LogP contribution is -2.40. The first-order valence-corrected chi connectivity index (χ1v) is 13.6. The highest BCUT2D eigenvalue weighted by atomic mass is 32.1. The van der Waals surface area contributed by atoms with Gasteiger partial charge in [0.1, 0.15) is 0 Å². The van der Waals surface area contributed by atoms with E-state index in [1.807, 2.05) is 79.7 Å². The molecule has 40 heavy (non-hydrogen) atoms. The molecule has 0 spiro atoms. The molecule has 0 unspecified atom stereocenters. The summed E-state index contributed by atoms with van der Waals surface area (Å²) in [5, 5.41) is 3.03. The number of hydrogen-bond donors (Lipinski definition) is 1. The Morgan fingerprint density at radius 3 is 2.42 bits per heavy atom. The average Bonchev–Trinajstić information content (AvgIpc) is 3.27. The zero-order valence-electron chi connectivity index (χ0n) is 22.7. The minimum Gasteiger partial charge on any atom is -0.493 e. The molecule has 1 N–H and O–H groups in total. The van der Waals surface area contributed by atoms with Crippen LogP contribution >= 0.6 is 11.3 Å². The standard InChI is InChI=1S/C32H29N3O4S/c1-20-11-8-9-15-24(20)34-30(36)28-21(2)33-32-35(29(28)23-17-18-25(38-3)26(19-23)39-4)31(37)27(40-32)16-10-14-22-12-6-5-7-13-22/h5-19,29H,1-4H3,(H,34,36)/b14-10+,27-16+/t29-/m0/s1. The third kappa shape index (κ3) is 5.26. The quantitative estimate of drug-likeness (QED) is 0.356. The van der Waals surface area contributed by atoms with Crippen LogP contribution in [0.5, 0.6) is 11.5 Å². The first-order valence-electron chi connectivity index (χ1n) is 12.7. The molecule has 1 atom stereocenters. The Morgan fingerprint density at radius 2 is 1.70 bits per heavy atom. The van der Waals surface area contributed by atoms with Crippen molar-refractivity contribution in [3.05, 3.63) is 127 Å². The third-order valence-electron chi connectivity index (χ3n) is 6.72. The molecule has 1 aliphatic rings. The lowest BCUT2D eigenvalue weighted by Gasteiger charge is -2.26. The molecule has 3 aromatic carbocycles. The van der Waals surface area contributed by atoms with E-state index in [0.717, 1.165) is 11.1 Å². The second-order valence-corrected chi connectivity index (χ2v) is 10.3. The van der Waals surface area contributed by atoms with E-state index >= 15 is 0 Å². The van der Waals surface area contributed by atoms with E-state index in [2.05, 4.69) is 5.32 Å². The van der Waals surface area contributed by atoms with Crippen LogP contribution in [0.4, 0.5) is 5.69 Å². The van der Waals surface area contributed by atoms with Crippen molar-refractivity contribution in [2.45, 2.75) is 19.9 Å². The van der Waals surface area contributed by atoms with Crippen LogP contribution in [0.3, 0.4) is 0 Å². The number of aryl methyl sites for hydroxylation is 1. The van der Waals surface area contributed by atoms with Gasteiger partial charge in [-0.3, -0.25) is 14.2 Å². The van der Waals surface area contributed by atoms with Crippen molar-refractivity contribution < 1.29 is 14.3 Å². The van der Waals surface area contributed by atoms with Gasteiger partial charge in [-0.05, 0) is 54.8 Å². The van der Waals surface area contributed by atoms with Crippen molar-refractivity contribution in [3.8, 4) is 11.5 Å². The highest BCUT2D eigenvalue weighted by molar-refractivity contribution is 7.07. The van der Waals surface area contributed by atoms with Gasteiger partial charge in [-0.1, -0.05) is 78.1 Å². The van der Waals surface area contributed by atoms with Crippen LogP contribution in [0.1, 0.15) is 29.7 Å². The van der Waals surface area contributed by atoms with Gasteiger partial charge in [0.15, 0.2) is 16.3 Å². The number of anilines is 1. The molecule has 1 aliphatic heterocycles. The molecular formula is C32H29N3O4S. The number of fused-ring (bicyclic) bond motifs is 1. The van der Waals surface area contributed by atoms with Crippen molar-refractivity contribution in [1.29, 1.82) is 0 Å². The summed E-state index contributed by atoms with van der Waals surface area (Å²) in [5.41, 5.74) is 4.06. The second-order valence-electron chi connectivity index (χ2n) is 9.26. The topological polar surface area (TPSA) is 81.9 Å². The van der Waals surface area contributed by atoms with Crippen LogP contribution in [0, 0.1) is 6.92 Å². The second kappa shape index (κ2) is 11.6. The number of allylic oxidation sites excluding steroid dienone is 2. The highest BCUT2D eigenvalue weighted by Gasteiger charge is 2.33. The normalized spacial score (nSPS) is 15.1. The SMILES string of the molecule is COc1ccc([C@H]2C(C(=O)Nc3ccccc3C)=C(C)N=c3s/c(=C/C=C/c4ccccc4)c(=O)n32)cc1OC. The van der Waals surface area contributed by atoms with Gasteiger partial charge in [0.25, 0.3) is 11.5 Å². The molecule has 7 nitrogen and oxygen atoms in total. The monoisotopic (exact) mass is 551 g/mol. The van der Waals surface area contributed by atoms with Crippen molar-refractivity contribution in [3.63, 3.8) is 0 Å². The molecule has 1 aromatic heterocycles. The molecule has 2 heterocycles. The Labute approximate surface area is 236 Å². The number of carbonyl (C=O) groups excluding carboxylic acids is 1. The van der Waals surface area contributed by atoms with E-state index in [4.69, 9.17) is 14.5 Å². The van der Waals surface area contributed by atoms with Gasteiger partial charge in [-0.25, -0.2) is 4.99 Å². The van der Waals surface area contributed by atoms with Crippen LogP contribution in [0.25, 0.3) is 12.2 Å². The fraction of sp³-hybridized carbons (Fsp3) is 0.156. The van der Waals surface area contributed by atoms with E-state index in [-0.39, 0.29) is 11.5 Å². The fourth-order valence-corrected chi connectivity index (χ4v) is 5.68. The van der Waals surface area contributed by atoms with Crippen molar-refractivity contribution >= 4 is 35.1 Å². The maximum absolute atomic E-state index is 13.8. The largest absolute Gasteiger partial charge is 0.493 e. The smallest absolute Gasteiger partial charge is 0.271 e. The average molecular weight is 552 g/mol. The summed E-state index contributed by atoms with van der Waals surface area (Å²) in [6, 6.07) is 22.1. The Bertz CT molecular complexity index is 1820. The van der Waals surface area contributed by atoms with Crippen molar-refractivity contribution in [2.24, 2.45) is 4.99 Å². The van der Waals surface area contributed by atoms with Gasteiger partial charge in [0.05, 0.1) is 36.1 Å². The number of hydrogen-bond acceptors (Lipinski definition) is 6. The molecule has 5 rings (SSSR count). The van der Waals surface area contributed by atoms with Crippen LogP contribution in [-0.4, -0.2) is 24.7 Å². The maximum atomic E-state index is 13.8. The summed E-state index contributed by atoms with van der Waals surface area (Å²) in [5.74, 6) is 0.728. The van der Waals surface area contributed by atoms with Crippen LogP contribution < -0.4 is 29.7 Å². The summed E-state index contributed by atoms with van der Waals surface area (Å²) in [6.45, 7) is 3.73. The van der Waals surface area contributed by atoms with E-state index < -0.39 is 6.04 Å². The van der Waals surface area contributed by atoms with E-state index in [9.17, 15) is 9.59 Å². The number of nitrogens with one attached hydrogen (secondary N) is 1. The molecular weight excluding hydrogens is 522 g/mol. The van der Waals surface area contributed by atoms with Crippen molar-refractivity contribution in [2.75, 3.05) is 19.5 Å². The molecule has 0 fully saturated rings. The van der Waals surface area contributed by atoms with Crippen LogP contribution in [0.2, 0.25) is 0 Å². The fourth-order valence-electron chi connectivity index (χ4n) is 4.68. The number of methoxy groups -OCH3 is 2. The predicted molar refractivity (Wildman–Crippen MR) is 159 cm³/mol. The minimum absolute atomic E-state index is 0.227. The number of rotatable bonds is 7. The molecule has 8 heteroatoms. The lowest BCUT2D eigenvalue weighted by atomic mass is 9.94. The summed E-state index contributed by atoms with van der Waals surface area (Å²) in [6.07, 6.45) is 5.58. The van der Waals surface area contributed by atoms with Gasteiger partial charge in [-0.2, -0.15) is 0 Å². The van der Waals surface area contributed by atoms with Crippen LogP contribution in [-0.2, 0) is 4.79 Å². The lowest BCUT2D eigenvalue weighted by molar-refractivity contribution is -0.113. The Hall–Kier alpha value is -4.69. The number of aromatic nitrogens is 1. The molecule has 0 saturated carbocycles. The number of thiazole rings is 1. The molecule has 0 aliphatic carbocycles. The van der Waals surface area contributed by atoms with Crippen molar-refractivity contribution in [1.82, 2.24) is 4.57 Å². The molecule has 4 aromatic rings. The number of ether oxygens (including phenoxy) is 2. The highest BCUT2D eigenvalue weighted by Crippen LogP contribution is 2.36. The molecule has 1 amide bonds. The van der Waals surface area contributed by atoms with Gasteiger partial charge in [0.2, 0.25) is 0 Å². The number of nitrogens with zero attached hydrogens (tertiary/aromatic N) is 2. The number of benzene rings is 3. The number of para-hydroxylation sites is 1. The first-order chi connectivity index (χ1) is 19.4. The Balaban J connectivity index is 1.65. The zero-order valence-corrected chi connectivity index (χ0v) is 23.5. The van der Waals surface area contributed by atoms with E-state index in [1.54, 1.807) is 43.9 Å². The minimum atomic E-state index is -0.722. The Kier molecular flexibility index (Phi) is 7.79. The number of amides is 1. The third-order valence-corrected chi connectivity index (χ3v) is 7.72. The molecule has 202 valence electrons. The summed E-state index contributed by atoms with van der Waals surface area (Å²) < 4.78 is 13.1. The number of carbonyl (C=O) groups is 1. The van der Waals surface area contributed by atoms with E-state index in [0.29, 0.717) is 43.4 Å². The van der Waals surface area contributed by atoms with Gasteiger partial charge in [0, 0.05) is 5.69 Å². The first kappa shape index (κ1) is 26.9. The summed E-state index contributed by atoms with van der Waals surface area (Å²) in [7, 11) is 3.12. The van der Waals surface area contributed by atoms with Gasteiger partial charge in [-0.15, -0.1) is 0 Å². The van der Waals surface area contributed by atoms with Gasteiger partial charge >= 0.3 is 0 Å². The van der Waals surface area contributed by atoms with Crippen LogP contribution in [0.15, 0.2) is 99.9 Å². The zero-order chi connectivity index (χ0) is 28.2. The maximum Gasteiger partial charge on any atom is 0.271 e. The van der Waals surface area contributed by atoms with E-state index in [1.165, 1.54) is 11.3 Å². The Morgan fingerprint density at radius 1 is 0.975 bits per heavy atom. The summed E-state index contributed by atoms with van der Waals surface area (Å²) >= 11 is 1.29. The molecule has 0 bridgehead atoms. The molecule has 0 saturated heterocycles. The summed E-state index contributed by atoms with van der Waals surface area (Å²) in [4.78, 5) is 32.9. The van der Waals surface area contributed by atoms with Gasteiger partial charge < -0.3 is 14.8 Å². The molecule has 0 radical (unpaired) electrons. The predicted octanol–water partition coefficient (Wildman–Crippen LogP) is 4.86.